The molecule has 0 radical (unpaired) electrons. The summed E-state index contributed by atoms with van der Waals surface area (Å²) in [5.41, 5.74) is 0. The largest absolute Gasteiger partial charge is 0.396 e. The lowest BCUT2D eigenvalue weighted by molar-refractivity contribution is 0.204. The zero-order valence-electron chi connectivity index (χ0n) is 9.49. The monoisotopic (exact) mass is 209 g/mol. The number of aliphatic hydroxyl groups excluding tert-OH is 1. The second-order valence-electron chi connectivity index (χ2n) is 5.79. The van der Waals surface area contributed by atoms with E-state index in [-0.39, 0.29) is 0 Å². The lowest BCUT2D eigenvalue weighted by Crippen LogP contribution is -2.39. The summed E-state index contributed by atoms with van der Waals surface area (Å²) >= 11 is 0. The molecule has 5 atom stereocenters. The first-order chi connectivity index (χ1) is 7.40. The molecular weight excluding hydrogens is 186 g/mol. The van der Waals surface area contributed by atoms with Gasteiger partial charge in [0.05, 0.1) is 0 Å². The average Bonchev–Trinajstić information content (AvgIpc) is 2.89. The Labute approximate surface area is 92.4 Å². The highest BCUT2D eigenvalue weighted by Crippen LogP contribution is 2.58. The minimum Gasteiger partial charge on any atom is -0.396 e. The number of hydrogen-bond acceptors (Lipinski definition) is 2. The molecule has 3 rings (SSSR count). The van der Waals surface area contributed by atoms with Crippen LogP contribution in [0.15, 0.2) is 0 Å². The third kappa shape index (κ3) is 1.62. The summed E-state index contributed by atoms with van der Waals surface area (Å²) in [4.78, 5) is 0. The molecule has 0 aromatic carbocycles. The predicted octanol–water partition coefficient (Wildman–Crippen LogP) is 1.78. The van der Waals surface area contributed by atoms with Gasteiger partial charge in [-0.2, -0.15) is 0 Å². The first kappa shape index (κ1) is 10.1. The Kier molecular flexibility index (Phi) is 2.73. The highest BCUT2D eigenvalue weighted by atomic mass is 16.3. The van der Waals surface area contributed by atoms with Crippen molar-refractivity contribution in [1.82, 2.24) is 5.32 Å². The van der Waals surface area contributed by atoms with Crippen LogP contribution in [0.1, 0.15) is 38.5 Å². The van der Waals surface area contributed by atoms with Gasteiger partial charge < -0.3 is 10.4 Å². The number of hydrogen-bond donors (Lipinski definition) is 2. The highest BCUT2D eigenvalue weighted by molar-refractivity contribution is 5.05. The first-order valence-electron chi connectivity index (χ1n) is 6.74. The van der Waals surface area contributed by atoms with E-state index in [2.05, 4.69) is 5.32 Å². The van der Waals surface area contributed by atoms with Gasteiger partial charge in [-0.25, -0.2) is 0 Å². The SMILES string of the molecule is OCCCN[C@@H]1C[C@H]2C[C@H]1[C@@H]1CCC[C@@H]21. The van der Waals surface area contributed by atoms with Crippen LogP contribution in [0.4, 0.5) is 0 Å². The summed E-state index contributed by atoms with van der Waals surface area (Å²) < 4.78 is 0. The van der Waals surface area contributed by atoms with Gasteiger partial charge in [-0.05, 0) is 62.3 Å². The Balaban J connectivity index is 1.56. The molecule has 15 heavy (non-hydrogen) atoms. The summed E-state index contributed by atoms with van der Waals surface area (Å²) in [6.07, 6.45) is 8.37. The van der Waals surface area contributed by atoms with Crippen molar-refractivity contribution < 1.29 is 5.11 Å². The van der Waals surface area contributed by atoms with E-state index in [1.165, 1.54) is 32.1 Å². The molecule has 2 N–H and O–H groups in total. The summed E-state index contributed by atoms with van der Waals surface area (Å²) in [6, 6.07) is 0.792. The molecule has 3 fully saturated rings. The van der Waals surface area contributed by atoms with Crippen molar-refractivity contribution in [2.75, 3.05) is 13.2 Å². The topological polar surface area (TPSA) is 32.3 Å². The van der Waals surface area contributed by atoms with Gasteiger partial charge in [0.1, 0.15) is 0 Å². The number of aliphatic hydroxyl groups is 1. The Morgan fingerprint density at radius 2 is 1.93 bits per heavy atom. The molecule has 0 spiro atoms. The molecule has 86 valence electrons. The van der Waals surface area contributed by atoms with Gasteiger partial charge >= 0.3 is 0 Å². The number of rotatable bonds is 4. The second-order valence-corrected chi connectivity index (χ2v) is 5.79. The van der Waals surface area contributed by atoms with Crippen LogP contribution in [-0.4, -0.2) is 24.3 Å². The fourth-order valence-corrected chi connectivity index (χ4v) is 4.67. The van der Waals surface area contributed by atoms with Gasteiger partial charge in [-0.1, -0.05) is 6.42 Å². The number of nitrogens with one attached hydrogen (secondary N) is 1. The summed E-state index contributed by atoms with van der Waals surface area (Å²) in [5.74, 6) is 4.21. The normalized spacial score (nSPS) is 47.4. The quantitative estimate of drug-likeness (QED) is 0.692. The van der Waals surface area contributed by atoms with E-state index < -0.39 is 0 Å². The van der Waals surface area contributed by atoms with Crippen molar-refractivity contribution in [3.05, 3.63) is 0 Å². The molecule has 0 amide bonds. The molecule has 2 heteroatoms. The Hall–Kier alpha value is -0.0800. The molecule has 3 aliphatic rings. The standard InChI is InChI=1S/C13H23NO/c15-6-2-5-14-13-8-9-7-12(13)11-4-1-3-10(9)11/h9-15H,1-8H2/t9-,10+,11-,12+,13-/m1/s1. The van der Waals surface area contributed by atoms with Crippen LogP contribution in [0.3, 0.4) is 0 Å². The molecule has 3 saturated carbocycles. The van der Waals surface area contributed by atoms with Gasteiger partial charge in [-0.3, -0.25) is 0 Å². The van der Waals surface area contributed by atoms with Crippen molar-refractivity contribution in [2.24, 2.45) is 23.7 Å². The van der Waals surface area contributed by atoms with E-state index in [4.69, 9.17) is 5.11 Å². The van der Waals surface area contributed by atoms with Gasteiger partial charge in [0, 0.05) is 12.6 Å². The summed E-state index contributed by atoms with van der Waals surface area (Å²) in [6.45, 7) is 1.35. The molecule has 0 saturated heterocycles. The molecule has 2 nitrogen and oxygen atoms in total. The Morgan fingerprint density at radius 1 is 1.07 bits per heavy atom. The van der Waals surface area contributed by atoms with Crippen molar-refractivity contribution in [3.8, 4) is 0 Å². The van der Waals surface area contributed by atoms with Crippen LogP contribution >= 0.6 is 0 Å². The van der Waals surface area contributed by atoms with E-state index >= 15 is 0 Å². The maximum absolute atomic E-state index is 8.78. The smallest absolute Gasteiger partial charge is 0.0443 e. The van der Waals surface area contributed by atoms with Gasteiger partial charge in [0.15, 0.2) is 0 Å². The molecule has 0 aliphatic heterocycles. The van der Waals surface area contributed by atoms with Crippen LogP contribution in [0.25, 0.3) is 0 Å². The van der Waals surface area contributed by atoms with Gasteiger partial charge in [0.2, 0.25) is 0 Å². The van der Waals surface area contributed by atoms with E-state index in [1.54, 1.807) is 0 Å². The Bertz CT molecular complexity index is 231. The maximum Gasteiger partial charge on any atom is 0.0443 e. The van der Waals surface area contributed by atoms with Crippen LogP contribution in [0.2, 0.25) is 0 Å². The lowest BCUT2D eigenvalue weighted by atomic mass is 9.79. The zero-order valence-corrected chi connectivity index (χ0v) is 9.49. The number of fused-ring (bicyclic) bond motifs is 5. The fraction of sp³-hybridized carbons (Fsp3) is 1.00. The molecule has 0 aromatic rings. The minimum absolute atomic E-state index is 0.333. The summed E-state index contributed by atoms with van der Waals surface area (Å²) in [7, 11) is 0. The minimum atomic E-state index is 0.333. The molecule has 0 heterocycles. The van der Waals surface area contributed by atoms with Gasteiger partial charge in [-0.15, -0.1) is 0 Å². The van der Waals surface area contributed by atoms with Crippen LogP contribution in [0.5, 0.6) is 0 Å². The predicted molar refractivity (Wildman–Crippen MR) is 60.5 cm³/mol. The third-order valence-corrected chi connectivity index (χ3v) is 5.17. The van der Waals surface area contributed by atoms with Gasteiger partial charge in [0.25, 0.3) is 0 Å². The van der Waals surface area contributed by atoms with Crippen molar-refractivity contribution in [3.63, 3.8) is 0 Å². The maximum atomic E-state index is 8.78. The summed E-state index contributed by atoms with van der Waals surface area (Å²) in [5, 5.41) is 12.4. The van der Waals surface area contributed by atoms with Crippen LogP contribution < -0.4 is 5.32 Å². The van der Waals surface area contributed by atoms with E-state index in [0.29, 0.717) is 6.61 Å². The molecular formula is C13H23NO. The van der Waals surface area contributed by atoms with Crippen LogP contribution in [-0.2, 0) is 0 Å². The zero-order chi connectivity index (χ0) is 10.3. The Morgan fingerprint density at radius 3 is 2.80 bits per heavy atom. The van der Waals surface area contributed by atoms with E-state index in [1.807, 2.05) is 0 Å². The fourth-order valence-electron chi connectivity index (χ4n) is 4.67. The van der Waals surface area contributed by atoms with E-state index in [0.717, 1.165) is 42.7 Å². The highest BCUT2D eigenvalue weighted by Gasteiger charge is 2.53. The van der Waals surface area contributed by atoms with Crippen molar-refractivity contribution >= 4 is 0 Å². The molecule has 3 aliphatic carbocycles. The molecule has 0 unspecified atom stereocenters. The molecule has 2 bridgehead atoms. The first-order valence-corrected chi connectivity index (χ1v) is 6.74. The third-order valence-electron chi connectivity index (χ3n) is 5.17. The van der Waals surface area contributed by atoms with E-state index in [9.17, 15) is 0 Å². The second kappa shape index (κ2) is 4.06. The van der Waals surface area contributed by atoms with Crippen molar-refractivity contribution in [1.29, 1.82) is 0 Å². The average molecular weight is 209 g/mol. The van der Waals surface area contributed by atoms with Crippen molar-refractivity contribution in [2.45, 2.75) is 44.6 Å². The molecule has 0 aromatic heterocycles. The van der Waals surface area contributed by atoms with Crippen LogP contribution in [0, 0.1) is 23.7 Å². The lowest BCUT2D eigenvalue weighted by Gasteiger charge is -2.32.